The number of pyridine rings is 1. The van der Waals surface area contributed by atoms with Crippen molar-refractivity contribution in [1.29, 1.82) is 0 Å². The predicted molar refractivity (Wildman–Crippen MR) is 96.7 cm³/mol. The summed E-state index contributed by atoms with van der Waals surface area (Å²) in [6.07, 6.45) is 8.11. The molecule has 2 aliphatic rings. The third-order valence-corrected chi connectivity index (χ3v) is 5.17. The summed E-state index contributed by atoms with van der Waals surface area (Å²) in [7, 11) is 0. The maximum atomic E-state index is 14.1. The highest BCUT2D eigenvalue weighted by molar-refractivity contribution is 5.74. The molecule has 5 heteroatoms. The SMILES string of the molecule is O=C(OCc1ccccc1)N1C2C=C(c3ccncc3F)CC1CCC2. The van der Waals surface area contributed by atoms with Crippen LogP contribution in [-0.4, -0.2) is 28.1 Å². The van der Waals surface area contributed by atoms with E-state index < -0.39 is 0 Å². The molecule has 0 radical (unpaired) electrons. The summed E-state index contributed by atoms with van der Waals surface area (Å²) in [6.45, 7) is 0.269. The summed E-state index contributed by atoms with van der Waals surface area (Å²) in [5, 5.41) is 0. The van der Waals surface area contributed by atoms with Crippen molar-refractivity contribution in [2.45, 2.75) is 44.4 Å². The lowest BCUT2D eigenvalue weighted by Crippen LogP contribution is -2.51. The number of ether oxygens (including phenoxy) is 1. The van der Waals surface area contributed by atoms with E-state index in [-0.39, 0.29) is 30.6 Å². The Morgan fingerprint density at radius 3 is 2.85 bits per heavy atom. The average Bonchev–Trinajstić information content (AvgIpc) is 2.66. The Morgan fingerprint density at radius 1 is 1.23 bits per heavy atom. The van der Waals surface area contributed by atoms with Crippen molar-refractivity contribution in [2.75, 3.05) is 0 Å². The molecule has 0 saturated carbocycles. The Morgan fingerprint density at radius 2 is 2.08 bits per heavy atom. The van der Waals surface area contributed by atoms with Crippen molar-refractivity contribution >= 4 is 11.7 Å². The zero-order chi connectivity index (χ0) is 17.9. The highest BCUT2D eigenvalue weighted by Gasteiger charge is 2.38. The lowest BCUT2D eigenvalue weighted by molar-refractivity contribution is 0.0510. The van der Waals surface area contributed by atoms with E-state index >= 15 is 0 Å². The van der Waals surface area contributed by atoms with Crippen molar-refractivity contribution in [2.24, 2.45) is 0 Å². The van der Waals surface area contributed by atoms with Gasteiger partial charge in [0.1, 0.15) is 12.4 Å². The van der Waals surface area contributed by atoms with Gasteiger partial charge in [0.25, 0.3) is 0 Å². The minimum Gasteiger partial charge on any atom is -0.445 e. The van der Waals surface area contributed by atoms with Gasteiger partial charge in [0.2, 0.25) is 0 Å². The standard InChI is InChI=1S/C21H21FN2O2/c22-20-13-23-10-9-19(20)16-11-17-7-4-8-18(12-16)24(17)21(25)26-14-15-5-2-1-3-6-15/h1-3,5-6,9-11,13,17-18H,4,7-8,12,14H2. The van der Waals surface area contributed by atoms with E-state index in [1.807, 2.05) is 41.3 Å². The second-order valence-electron chi connectivity index (χ2n) is 6.85. The summed E-state index contributed by atoms with van der Waals surface area (Å²) in [4.78, 5) is 18.3. The third kappa shape index (κ3) is 3.34. The van der Waals surface area contributed by atoms with Gasteiger partial charge in [-0.15, -0.1) is 0 Å². The number of hydrogen-bond acceptors (Lipinski definition) is 3. The number of carbonyl (C=O) groups is 1. The highest BCUT2D eigenvalue weighted by atomic mass is 19.1. The van der Waals surface area contributed by atoms with Crippen LogP contribution in [0.4, 0.5) is 9.18 Å². The van der Waals surface area contributed by atoms with Crippen LogP contribution in [0.1, 0.15) is 36.8 Å². The summed E-state index contributed by atoms with van der Waals surface area (Å²) in [5.74, 6) is -0.308. The first-order valence-electron chi connectivity index (χ1n) is 9.02. The van der Waals surface area contributed by atoms with Crippen LogP contribution in [-0.2, 0) is 11.3 Å². The molecule has 0 spiro atoms. The van der Waals surface area contributed by atoms with Crippen molar-refractivity contribution in [3.63, 3.8) is 0 Å². The molecule has 1 aromatic heterocycles. The van der Waals surface area contributed by atoms with Gasteiger partial charge in [-0.2, -0.15) is 0 Å². The molecule has 1 fully saturated rings. The third-order valence-electron chi connectivity index (χ3n) is 5.17. The molecule has 134 valence electrons. The quantitative estimate of drug-likeness (QED) is 0.813. The van der Waals surface area contributed by atoms with Gasteiger partial charge < -0.3 is 4.74 Å². The molecule has 0 N–H and O–H groups in total. The van der Waals surface area contributed by atoms with Gasteiger partial charge in [0, 0.05) is 17.8 Å². The summed E-state index contributed by atoms with van der Waals surface area (Å²) < 4.78 is 19.6. The number of carbonyl (C=O) groups excluding carboxylic acids is 1. The van der Waals surface area contributed by atoms with E-state index in [2.05, 4.69) is 4.98 Å². The van der Waals surface area contributed by atoms with Crippen molar-refractivity contribution in [3.8, 4) is 0 Å². The maximum absolute atomic E-state index is 14.1. The fourth-order valence-corrected chi connectivity index (χ4v) is 3.94. The Labute approximate surface area is 152 Å². The van der Waals surface area contributed by atoms with E-state index in [4.69, 9.17) is 4.74 Å². The fourth-order valence-electron chi connectivity index (χ4n) is 3.94. The molecule has 2 bridgehead atoms. The minimum absolute atomic E-state index is 0.0339. The number of aromatic nitrogens is 1. The molecule has 26 heavy (non-hydrogen) atoms. The highest BCUT2D eigenvalue weighted by Crippen LogP contribution is 2.38. The number of nitrogens with zero attached hydrogens (tertiary/aromatic N) is 2. The van der Waals surface area contributed by atoms with E-state index in [0.717, 1.165) is 30.4 Å². The van der Waals surface area contributed by atoms with E-state index in [0.29, 0.717) is 12.0 Å². The molecule has 1 amide bonds. The Hall–Kier alpha value is -2.69. The van der Waals surface area contributed by atoms with Crippen LogP contribution < -0.4 is 0 Å². The molecular formula is C21H21FN2O2. The van der Waals surface area contributed by atoms with Gasteiger partial charge in [-0.1, -0.05) is 36.4 Å². The van der Waals surface area contributed by atoms with Gasteiger partial charge in [0.05, 0.1) is 12.2 Å². The van der Waals surface area contributed by atoms with Crippen LogP contribution in [0.2, 0.25) is 0 Å². The number of halogens is 1. The monoisotopic (exact) mass is 352 g/mol. The second kappa shape index (κ2) is 7.28. The van der Waals surface area contributed by atoms with Gasteiger partial charge in [-0.25, -0.2) is 9.18 Å². The molecule has 0 aliphatic carbocycles. The zero-order valence-electron chi connectivity index (χ0n) is 14.5. The van der Waals surface area contributed by atoms with Gasteiger partial charge in [-0.3, -0.25) is 9.88 Å². The number of benzene rings is 1. The van der Waals surface area contributed by atoms with E-state index in [1.54, 1.807) is 12.3 Å². The lowest BCUT2D eigenvalue weighted by atomic mass is 9.83. The Bertz CT molecular complexity index is 822. The van der Waals surface area contributed by atoms with Crippen LogP contribution in [0.5, 0.6) is 0 Å². The number of piperidine rings is 1. The topological polar surface area (TPSA) is 42.4 Å². The molecule has 4 rings (SSSR count). The average molecular weight is 352 g/mol. The van der Waals surface area contributed by atoms with Crippen LogP contribution in [0.15, 0.2) is 54.9 Å². The van der Waals surface area contributed by atoms with Crippen molar-refractivity contribution in [3.05, 3.63) is 71.8 Å². The first-order chi connectivity index (χ1) is 12.7. The van der Waals surface area contributed by atoms with E-state index in [1.165, 1.54) is 6.20 Å². The molecule has 2 atom stereocenters. The Balaban J connectivity index is 1.51. The van der Waals surface area contributed by atoms with E-state index in [9.17, 15) is 9.18 Å². The zero-order valence-corrected chi connectivity index (χ0v) is 14.5. The summed E-state index contributed by atoms with van der Waals surface area (Å²) in [5.41, 5.74) is 2.53. The molecule has 1 aromatic carbocycles. The molecule has 3 heterocycles. The number of hydrogen-bond donors (Lipinski definition) is 0. The normalized spacial score (nSPS) is 21.9. The van der Waals surface area contributed by atoms with Crippen molar-refractivity contribution in [1.82, 2.24) is 9.88 Å². The van der Waals surface area contributed by atoms with Crippen LogP contribution >= 0.6 is 0 Å². The first kappa shape index (κ1) is 16.8. The first-order valence-corrected chi connectivity index (χ1v) is 9.02. The lowest BCUT2D eigenvalue weighted by Gasteiger charge is -2.44. The number of amides is 1. The van der Waals surface area contributed by atoms with Gasteiger partial charge in [-0.05, 0) is 42.9 Å². The minimum atomic E-state index is -0.308. The maximum Gasteiger partial charge on any atom is 0.410 e. The van der Waals surface area contributed by atoms with Crippen LogP contribution in [0.3, 0.4) is 0 Å². The summed E-state index contributed by atoms with van der Waals surface area (Å²) >= 11 is 0. The largest absolute Gasteiger partial charge is 0.445 e. The predicted octanol–water partition coefficient (Wildman–Crippen LogP) is 4.57. The molecule has 2 aromatic rings. The molecule has 4 nitrogen and oxygen atoms in total. The van der Waals surface area contributed by atoms with Crippen molar-refractivity contribution < 1.29 is 13.9 Å². The van der Waals surface area contributed by atoms with Gasteiger partial charge in [0.15, 0.2) is 0 Å². The Kier molecular flexibility index (Phi) is 4.69. The number of fused-ring (bicyclic) bond motifs is 2. The molecule has 2 unspecified atom stereocenters. The van der Waals surface area contributed by atoms with Crippen LogP contribution in [0, 0.1) is 5.82 Å². The molecule has 1 saturated heterocycles. The van der Waals surface area contributed by atoms with Gasteiger partial charge >= 0.3 is 6.09 Å². The number of rotatable bonds is 3. The molecule has 2 aliphatic heterocycles. The molecular weight excluding hydrogens is 331 g/mol. The smallest absolute Gasteiger partial charge is 0.410 e. The fraction of sp³-hybridized carbons (Fsp3) is 0.333. The van der Waals surface area contributed by atoms with Crippen LogP contribution in [0.25, 0.3) is 5.57 Å². The second-order valence-corrected chi connectivity index (χ2v) is 6.85. The summed E-state index contributed by atoms with van der Waals surface area (Å²) in [6, 6.07) is 11.4.